The highest BCUT2D eigenvalue weighted by Crippen LogP contribution is 2.15. The Labute approximate surface area is 91.4 Å². The molecule has 5 nitrogen and oxygen atoms in total. The topological polar surface area (TPSA) is 102 Å². The Kier molecular flexibility index (Phi) is 3.80. The Bertz CT molecular complexity index is 442. The van der Waals surface area contributed by atoms with Crippen molar-refractivity contribution in [3.05, 3.63) is 29.6 Å². The van der Waals surface area contributed by atoms with Gasteiger partial charge >= 0.3 is 0 Å². The Balaban J connectivity index is 2.66. The van der Waals surface area contributed by atoms with Crippen molar-refractivity contribution in [3.63, 3.8) is 0 Å². The minimum Gasteiger partial charge on any atom is -0.491 e. The van der Waals surface area contributed by atoms with Crippen molar-refractivity contribution >= 4 is 5.91 Å². The van der Waals surface area contributed by atoms with Gasteiger partial charge in [0.2, 0.25) is 5.91 Å². The molecule has 16 heavy (non-hydrogen) atoms. The molecule has 6 heteroatoms. The zero-order chi connectivity index (χ0) is 12.1. The molecular weight excluding hydrogens is 213 g/mol. The van der Waals surface area contributed by atoms with Crippen LogP contribution in [0, 0.1) is 17.1 Å². The largest absolute Gasteiger partial charge is 0.491 e. The Morgan fingerprint density at radius 2 is 2.31 bits per heavy atom. The second-order valence-electron chi connectivity index (χ2n) is 3.07. The molecule has 0 aliphatic carbocycles. The summed E-state index contributed by atoms with van der Waals surface area (Å²) in [7, 11) is 0. The number of nitrogens with two attached hydrogens (primary N) is 2. The lowest BCUT2D eigenvalue weighted by molar-refractivity contribution is -0.119. The van der Waals surface area contributed by atoms with Crippen molar-refractivity contribution in [2.45, 2.75) is 6.04 Å². The molecule has 1 rings (SSSR count). The molecule has 0 aliphatic rings. The number of carbonyl (C=O) groups is 1. The normalized spacial score (nSPS) is 11.6. The van der Waals surface area contributed by atoms with E-state index in [2.05, 4.69) is 0 Å². The number of hydrogen-bond acceptors (Lipinski definition) is 4. The number of hydrogen-bond donors (Lipinski definition) is 2. The maximum Gasteiger partial charge on any atom is 0.237 e. The summed E-state index contributed by atoms with van der Waals surface area (Å²) < 4.78 is 18.1. The number of carbonyl (C=O) groups excluding carboxylic acids is 1. The van der Waals surface area contributed by atoms with E-state index < -0.39 is 17.8 Å². The number of primary amides is 1. The van der Waals surface area contributed by atoms with E-state index >= 15 is 0 Å². The summed E-state index contributed by atoms with van der Waals surface area (Å²) >= 11 is 0. The smallest absolute Gasteiger partial charge is 0.237 e. The molecule has 1 unspecified atom stereocenters. The van der Waals surface area contributed by atoms with Gasteiger partial charge in [-0.25, -0.2) is 4.39 Å². The van der Waals surface area contributed by atoms with E-state index in [4.69, 9.17) is 21.5 Å². The van der Waals surface area contributed by atoms with Gasteiger partial charge < -0.3 is 16.2 Å². The standard InChI is InChI=1S/C10H10FN3O2/c11-8-3-7(2-1-6(8)4-12)16-5-9(13)10(14)15/h1-3,9H,5,13H2,(H2,14,15). The summed E-state index contributed by atoms with van der Waals surface area (Å²) in [5, 5.41) is 8.49. The number of rotatable bonds is 4. The minimum atomic E-state index is -0.946. The first-order chi connectivity index (χ1) is 7.54. The first kappa shape index (κ1) is 11.9. The predicted molar refractivity (Wildman–Crippen MR) is 53.8 cm³/mol. The van der Waals surface area contributed by atoms with Gasteiger partial charge in [0.05, 0.1) is 5.56 Å². The Hall–Kier alpha value is -2.13. The fourth-order valence-corrected chi connectivity index (χ4v) is 0.944. The zero-order valence-corrected chi connectivity index (χ0v) is 8.31. The number of benzene rings is 1. The molecule has 84 valence electrons. The fraction of sp³-hybridized carbons (Fsp3) is 0.200. The third kappa shape index (κ3) is 2.93. The van der Waals surface area contributed by atoms with Crippen LogP contribution in [0.1, 0.15) is 5.56 Å². The van der Waals surface area contributed by atoms with Crippen LogP contribution in [-0.4, -0.2) is 18.6 Å². The highest BCUT2D eigenvalue weighted by atomic mass is 19.1. The SMILES string of the molecule is N#Cc1ccc(OCC(N)C(N)=O)cc1F. The van der Waals surface area contributed by atoms with Gasteiger partial charge in [0.25, 0.3) is 0 Å². The van der Waals surface area contributed by atoms with Gasteiger partial charge in [-0.15, -0.1) is 0 Å². The Morgan fingerprint density at radius 1 is 1.62 bits per heavy atom. The van der Waals surface area contributed by atoms with E-state index in [1.165, 1.54) is 12.1 Å². The lowest BCUT2D eigenvalue weighted by Crippen LogP contribution is -2.41. The van der Waals surface area contributed by atoms with Crippen molar-refractivity contribution in [2.24, 2.45) is 11.5 Å². The van der Waals surface area contributed by atoms with Crippen LogP contribution < -0.4 is 16.2 Å². The third-order valence-corrected chi connectivity index (χ3v) is 1.86. The minimum absolute atomic E-state index is 0.0773. The monoisotopic (exact) mass is 223 g/mol. The maximum absolute atomic E-state index is 13.1. The van der Waals surface area contributed by atoms with E-state index in [-0.39, 0.29) is 17.9 Å². The van der Waals surface area contributed by atoms with Crippen LogP contribution in [0.15, 0.2) is 18.2 Å². The quantitative estimate of drug-likeness (QED) is 0.743. The summed E-state index contributed by atoms with van der Waals surface area (Å²) in [6.45, 7) is -0.138. The molecule has 0 saturated carbocycles. The third-order valence-electron chi connectivity index (χ3n) is 1.86. The van der Waals surface area contributed by atoms with Crippen molar-refractivity contribution in [2.75, 3.05) is 6.61 Å². The van der Waals surface area contributed by atoms with E-state index in [1.807, 2.05) is 0 Å². The summed E-state index contributed by atoms with van der Waals surface area (Å²) in [6.07, 6.45) is 0. The van der Waals surface area contributed by atoms with E-state index in [9.17, 15) is 9.18 Å². The molecule has 0 bridgehead atoms. The molecule has 1 aromatic carbocycles. The first-order valence-electron chi connectivity index (χ1n) is 4.42. The lowest BCUT2D eigenvalue weighted by Gasteiger charge is -2.09. The molecule has 1 atom stereocenters. The molecule has 0 spiro atoms. The van der Waals surface area contributed by atoms with Gasteiger partial charge in [0.15, 0.2) is 0 Å². The molecule has 0 radical (unpaired) electrons. The highest BCUT2D eigenvalue weighted by Gasteiger charge is 2.10. The molecule has 0 fully saturated rings. The van der Waals surface area contributed by atoms with Gasteiger partial charge in [-0.1, -0.05) is 0 Å². The molecular formula is C10H10FN3O2. The van der Waals surface area contributed by atoms with E-state index in [1.54, 1.807) is 6.07 Å². The maximum atomic E-state index is 13.1. The van der Waals surface area contributed by atoms with Gasteiger partial charge in [0.1, 0.15) is 30.3 Å². The molecule has 0 heterocycles. The number of amides is 1. The van der Waals surface area contributed by atoms with Crippen molar-refractivity contribution in [3.8, 4) is 11.8 Å². The van der Waals surface area contributed by atoms with Gasteiger partial charge in [-0.05, 0) is 12.1 Å². The predicted octanol–water partition coefficient (Wildman–Crippen LogP) is -0.111. The molecule has 4 N–H and O–H groups in total. The summed E-state index contributed by atoms with van der Waals surface area (Å²) in [5.41, 5.74) is 10.2. The summed E-state index contributed by atoms with van der Waals surface area (Å²) in [6, 6.07) is 4.47. The first-order valence-corrected chi connectivity index (χ1v) is 4.42. The summed E-state index contributed by atoms with van der Waals surface area (Å²) in [5.74, 6) is -1.20. The zero-order valence-electron chi connectivity index (χ0n) is 8.31. The van der Waals surface area contributed by atoms with Crippen molar-refractivity contribution in [1.82, 2.24) is 0 Å². The average Bonchev–Trinajstić information content (AvgIpc) is 2.25. The van der Waals surface area contributed by atoms with Gasteiger partial charge in [-0.3, -0.25) is 4.79 Å². The van der Waals surface area contributed by atoms with Crippen LogP contribution in [0.5, 0.6) is 5.75 Å². The van der Waals surface area contributed by atoms with Crippen LogP contribution in [-0.2, 0) is 4.79 Å². The number of ether oxygens (including phenoxy) is 1. The fourth-order valence-electron chi connectivity index (χ4n) is 0.944. The molecule has 0 aromatic heterocycles. The van der Waals surface area contributed by atoms with Gasteiger partial charge in [0, 0.05) is 6.07 Å². The van der Waals surface area contributed by atoms with E-state index in [0.717, 1.165) is 6.07 Å². The molecule has 1 aromatic rings. The number of nitrogens with zero attached hydrogens (tertiary/aromatic N) is 1. The average molecular weight is 223 g/mol. The summed E-state index contributed by atoms with van der Waals surface area (Å²) in [4.78, 5) is 10.6. The lowest BCUT2D eigenvalue weighted by atomic mass is 10.2. The van der Waals surface area contributed by atoms with Crippen molar-refractivity contribution < 1.29 is 13.9 Å². The van der Waals surface area contributed by atoms with Crippen LogP contribution in [0.2, 0.25) is 0 Å². The molecule has 1 amide bonds. The number of halogens is 1. The van der Waals surface area contributed by atoms with E-state index in [0.29, 0.717) is 0 Å². The second-order valence-corrected chi connectivity index (χ2v) is 3.07. The van der Waals surface area contributed by atoms with Crippen LogP contribution in [0.4, 0.5) is 4.39 Å². The highest BCUT2D eigenvalue weighted by molar-refractivity contribution is 5.79. The second kappa shape index (κ2) is 5.09. The number of nitriles is 1. The van der Waals surface area contributed by atoms with Crippen LogP contribution >= 0.6 is 0 Å². The van der Waals surface area contributed by atoms with Crippen molar-refractivity contribution in [1.29, 1.82) is 5.26 Å². The van der Waals surface area contributed by atoms with Gasteiger partial charge in [-0.2, -0.15) is 5.26 Å². The van der Waals surface area contributed by atoms with Crippen LogP contribution in [0.25, 0.3) is 0 Å². The molecule has 0 aliphatic heterocycles. The Morgan fingerprint density at radius 3 is 2.81 bits per heavy atom. The van der Waals surface area contributed by atoms with Crippen LogP contribution in [0.3, 0.4) is 0 Å². The molecule has 0 saturated heterocycles.